The van der Waals surface area contributed by atoms with Gasteiger partial charge in [-0.05, 0) is 36.4 Å². The van der Waals surface area contributed by atoms with E-state index in [1.54, 1.807) is 25.5 Å². The van der Waals surface area contributed by atoms with Crippen LogP contribution >= 0.6 is 0 Å². The molecule has 0 atom stereocenters. The molecule has 0 aliphatic rings. The van der Waals surface area contributed by atoms with Crippen molar-refractivity contribution in [1.82, 2.24) is 9.55 Å². The lowest BCUT2D eigenvalue weighted by Crippen LogP contribution is -2.16. The number of aromatic nitrogens is 2. The topological polar surface area (TPSA) is 81.2 Å². The molecule has 2 aromatic carbocycles. The molecule has 0 bridgehead atoms. The Morgan fingerprint density at radius 2 is 1.77 bits per heavy atom. The van der Waals surface area contributed by atoms with Gasteiger partial charge in [-0.15, -0.1) is 0 Å². The molecule has 0 amide bonds. The predicted octanol–water partition coefficient (Wildman–Crippen LogP) is 4.40. The lowest BCUT2D eigenvalue weighted by atomic mass is 10.0. The van der Waals surface area contributed by atoms with Crippen LogP contribution in [0.3, 0.4) is 0 Å². The Hall–Kier alpha value is -3.46. The van der Waals surface area contributed by atoms with E-state index in [1.165, 1.54) is 29.7 Å². The fourth-order valence-electron chi connectivity index (χ4n) is 3.33. The Morgan fingerprint density at radius 1 is 1.03 bits per heavy atom. The van der Waals surface area contributed by atoms with Gasteiger partial charge in [-0.3, -0.25) is 4.79 Å². The summed E-state index contributed by atoms with van der Waals surface area (Å²) in [5, 5.41) is 0.554. The molecular formula is C22H18F2N2O4S. The van der Waals surface area contributed by atoms with Crippen molar-refractivity contribution in [2.75, 3.05) is 5.75 Å². The number of aromatic amines is 1. The molecular weight excluding hydrogens is 426 g/mol. The third-order valence-corrected chi connectivity index (χ3v) is 6.72. The van der Waals surface area contributed by atoms with Gasteiger partial charge in [-0.2, -0.15) is 0 Å². The first-order valence-corrected chi connectivity index (χ1v) is 11.0. The molecule has 0 spiro atoms. The number of halogens is 2. The normalized spacial score (nSPS) is 11.7. The molecule has 1 N–H and O–H groups in total. The van der Waals surface area contributed by atoms with Crippen LogP contribution in [0.5, 0.6) is 11.5 Å². The molecule has 0 aliphatic carbocycles. The maximum Gasteiger partial charge on any atom is 0.274 e. The van der Waals surface area contributed by atoms with Gasteiger partial charge >= 0.3 is 0 Å². The summed E-state index contributed by atoms with van der Waals surface area (Å²) in [6.07, 6.45) is 3.16. The van der Waals surface area contributed by atoms with E-state index in [-0.39, 0.29) is 27.7 Å². The van der Waals surface area contributed by atoms with Gasteiger partial charge in [-0.25, -0.2) is 17.2 Å². The summed E-state index contributed by atoms with van der Waals surface area (Å²) in [5.74, 6) is -1.82. The number of benzene rings is 2. The number of H-pyrrole nitrogens is 1. The minimum atomic E-state index is -3.55. The summed E-state index contributed by atoms with van der Waals surface area (Å²) < 4.78 is 59.5. The highest BCUT2D eigenvalue weighted by atomic mass is 32.2. The summed E-state index contributed by atoms with van der Waals surface area (Å²) in [5.41, 5.74) is 0.943. The van der Waals surface area contributed by atoms with E-state index in [1.807, 2.05) is 0 Å². The molecule has 31 heavy (non-hydrogen) atoms. The lowest BCUT2D eigenvalue weighted by Gasteiger charge is -2.15. The number of nitrogens with zero attached hydrogens (tertiary/aromatic N) is 1. The van der Waals surface area contributed by atoms with Crippen LogP contribution in [0.15, 0.2) is 64.5 Å². The third-order valence-electron chi connectivity index (χ3n) is 4.99. The van der Waals surface area contributed by atoms with Gasteiger partial charge in [0.1, 0.15) is 17.1 Å². The van der Waals surface area contributed by atoms with Crippen molar-refractivity contribution in [2.45, 2.75) is 11.8 Å². The molecule has 0 aliphatic heterocycles. The third kappa shape index (κ3) is 3.72. The van der Waals surface area contributed by atoms with Crippen molar-refractivity contribution in [1.29, 1.82) is 0 Å². The first kappa shape index (κ1) is 20.8. The van der Waals surface area contributed by atoms with E-state index in [0.29, 0.717) is 28.1 Å². The summed E-state index contributed by atoms with van der Waals surface area (Å²) >= 11 is 0. The first-order valence-electron chi connectivity index (χ1n) is 9.38. The smallest absolute Gasteiger partial charge is 0.274 e. The highest BCUT2D eigenvalue weighted by Gasteiger charge is 2.20. The van der Waals surface area contributed by atoms with E-state index in [2.05, 4.69) is 4.98 Å². The average Bonchev–Trinajstić information content (AvgIpc) is 3.23. The molecule has 0 saturated heterocycles. The van der Waals surface area contributed by atoms with E-state index in [4.69, 9.17) is 4.74 Å². The molecule has 0 fully saturated rings. The molecule has 4 rings (SSSR count). The van der Waals surface area contributed by atoms with E-state index in [0.717, 1.165) is 12.1 Å². The fourth-order valence-corrected chi connectivity index (χ4v) is 4.23. The SMILES string of the molecule is CCS(=O)(=O)c1ccc(Oc2ccc(F)cc2F)c(-c2cn(C)c(=O)c3[nH]ccc23)c1. The first-order chi connectivity index (χ1) is 14.7. The van der Waals surface area contributed by atoms with Crippen LogP contribution < -0.4 is 10.3 Å². The minimum absolute atomic E-state index is 0.0643. The maximum atomic E-state index is 14.2. The van der Waals surface area contributed by atoms with E-state index < -0.39 is 21.5 Å². The van der Waals surface area contributed by atoms with Crippen molar-refractivity contribution in [3.05, 3.63) is 76.8 Å². The zero-order valence-corrected chi connectivity index (χ0v) is 17.5. The zero-order chi connectivity index (χ0) is 22.3. The molecule has 2 aromatic heterocycles. The Kier molecular flexibility index (Phi) is 5.14. The average molecular weight is 444 g/mol. The Morgan fingerprint density at radius 3 is 2.48 bits per heavy atom. The summed E-state index contributed by atoms with van der Waals surface area (Å²) in [4.78, 5) is 15.4. The highest BCUT2D eigenvalue weighted by Crippen LogP contribution is 2.38. The largest absolute Gasteiger partial charge is 0.454 e. The Labute approximate surface area is 176 Å². The summed E-state index contributed by atoms with van der Waals surface area (Å²) in [7, 11) is -1.98. The number of ether oxygens (including phenoxy) is 1. The Balaban J connectivity index is 1.99. The van der Waals surface area contributed by atoms with Crippen molar-refractivity contribution >= 4 is 20.7 Å². The number of sulfone groups is 1. The molecule has 0 radical (unpaired) electrons. The fraction of sp³-hybridized carbons (Fsp3) is 0.136. The van der Waals surface area contributed by atoms with Crippen LogP contribution in [0.25, 0.3) is 22.0 Å². The summed E-state index contributed by atoms with van der Waals surface area (Å²) in [6.45, 7) is 1.53. The number of rotatable bonds is 5. The van der Waals surface area contributed by atoms with Gasteiger partial charge in [0.2, 0.25) is 0 Å². The van der Waals surface area contributed by atoms with Crippen LogP contribution in [0, 0.1) is 11.6 Å². The Bertz CT molecular complexity index is 1470. The van der Waals surface area contributed by atoms with Crippen molar-refractivity contribution in [2.24, 2.45) is 7.05 Å². The van der Waals surface area contributed by atoms with Crippen molar-refractivity contribution < 1.29 is 21.9 Å². The number of pyridine rings is 1. The van der Waals surface area contributed by atoms with Crippen LogP contribution in [0.1, 0.15) is 6.92 Å². The lowest BCUT2D eigenvalue weighted by molar-refractivity contribution is 0.438. The van der Waals surface area contributed by atoms with Crippen LogP contribution in [0.2, 0.25) is 0 Å². The maximum absolute atomic E-state index is 14.2. The number of aryl methyl sites for hydroxylation is 1. The molecule has 4 aromatic rings. The molecule has 0 unspecified atom stereocenters. The molecule has 160 valence electrons. The molecule has 2 heterocycles. The second-order valence-electron chi connectivity index (χ2n) is 6.96. The van der Waals surface area contributed by atoms with Crippen molar-refractivity contribution in [3.63, 3.8) is 0 Å². The van der Waals surface area contributed by atoms with Gasteiger partial charge in [0.25, 0.3) is 5.56 Å². The number of nitrogens with one attached hydrogen (secondary N) is 1. The second-order valence-corrected chi connectivity index (χ2v) is 9.24. The van der Waals surface area contributed by atoms with Gasteiger partial charge < -0.3 is 14.3 Å². The quantitative estimate of drug-likeness (QED) is 0.495. The standard InChI is InChI=1S/C22H18F2N2O4S/c1-3-31(28,29)14-5-7-19(30-20-6-4-13(23)10-18(20)24)16(11-14)17-12-26(2)22(27)21-15(17)8-9-25-21/h4-12,25H,3H2,1-2H3. The van der Waals surface area contributed by atoms with Crippen LogP contribution in [-0.2, 0) is 16.9 Å². The van der Waals surface area contributed by atoms with Gasteiger partial charge in [0, 0.05) is 42.0 Å². The summed E-state index contributed by atoms with van der Waals surface area (Å²) in [6, 6.07) is 8.82. The number of hydrogen-bond acceptors (Lipinski definition) is 4. The number of fused-ring (bicyclic) bond motifs is 1. The van der Waals surface area contributed by atoms with Gasteiger partial charge in [-0.1, -0.05) is 6.92 Å². The second kappa shape index (κ2) is 7.66. The highest BCUT2D eigenvalue weighted by molar-refractivity contribution is 7.91. The zero-order valence-electron chi connectivity index (χ0n) is 16.6. The van der Waals surface area contributed by atoms with Crippen LogP contribution in [-0.4, -0.2) is 23.7 Å². The van der Waals surface area contributed by atoms with Crippen LogP contribution in [0.4, 0.5) is 8.78 Å². The monoisotopic (exact) mass is 444 g/mol. The predicted molar refractivity (Wildman–Crippen MR) is 113 cm³/mol. The van der Waals surface area contributed by atoms with Gasteiger partial charge in [0.05, 0.1) is 10.6 Å². The molecule has 0 saturated carbocycles. The van der Waals surface area contributed by atoms with E-state index >= 15 is 0 Å². The molecule has 9 heteroatoms. The van der Waals surface area contributed by atoms with Gasteiger partial charge in [0.15, 0.2) is 21.4 Å². The van der Waals surface area contributed by atoms with Crippen molar-refractivity contribution in [3.8, 4) is 22.6 Å². The minimum Gasteiger partial charge on any atom is -0.454 e. The molecule has 6 nitrogen and oxygen atoms in total. The number of hydrogen-bond donors (Lipinski definition) is 1. The van der Waals surface area contributed by atoms with E-state index in [9.17, 15) is 22.0 Å².